The minimum atomic E-state index is 0.697. The van der Waals surface area contributed by atoms with Crippen LogP contribution in [0.1, 0.15) is 12.7 Å². The molecular formula is C7H10N4. The van der Waals surface area contributed by atoms with Gasteiger partial charge in [-0.15, -0.1) is 5.10 Å². The van der Waals surface area contributed by atoms with Crippen LogP contribution in [0.15, 0.2) is 18.7 Å². The molecule has 1 aromatic heterocycles. The van der Waals surface area contributed by atoms with E-state index in [1.165, 1.54) is 0 Å². The minimum absolute atomic E-state index is 0.697. The van der Waals surface area contributed by atoms with Crippen LogP contribution in [0.3, 0.4) is 0 Å². The van der Waals surface area contributed by atoms with Gasteiger partial charge in [0.1, 0.15) is 0 Å². The quantitative estimate of drug-likeness (QED) is 0.601. The van der Waals surface area contributed by atoms with E-state index in [4.69, 9.17) is 0 Å². The predicted octanol–water partition coefficient (Wildman–Crippen LogP) is 0.892. The first-order valence-corrected chi connectivity index (χ1v) is 3.38. The Bertz CT molecular complexity index is 261. The molecule has 0 aliphatic carbocycles. The summed E-state index contributed by atoms with van der Waals surface area (Å²) in [5, 5.41) is 11.0. The fourth-order valence-corrected chi connectivity index (χ4v) is 0.693. The van der Waals surface area contributed by atoms with Crippen molar-refractivity contribution >= 4 is 6.08 Å². The molecule has 1 heterocycles. The maximum absolute atomic E-state index is 3.76. The lowest BCUT2D eigenvalue weighted by atomic mass is 10.5. The third kappa shape index (κ3) is 1.73. The zero-order valence-electron chi connectivity index (χ0n) is 6.44. The summed E-state index contributed by atoms with van der Waals surface area (Å²) >= 11 is 0. The summed E-state index contributed by atoms with van der Waals surface area (Å²) in [5.74, 6) is 0.697. The van der Waals surface area contributed by atoms with E-state index >= 15 is 0 Å². The lowest BCUT2D eigenvalue weighted by Gasteiger charge is -1.93. The summed E-state index contributed by atoms with van der Waals surface area (Å²) in [7, 11) is 0. The number of tetrazole rings is 1. The van der Waals surface area contributed by atoms with Gasteiger partial charge in [0.2, 0.25) is 0 Å². The van der Waals surface area contributed by atoms with E-state index in [2.05, 4.69) is 22.1 Å². The van der Waals surface area contributed by atoms with Gasteiger partial charge in [0.15, 0.2) is 5.82 Å². The van der Waals surface area contributed by atoms with E-state index in [0.717, 1.165) is 0 Å². The molecule has 0 amide bonds. The number of rotatable bonds is 3. The topological polar surface area (TPSA) is 43.6 Å². The van der Waals surface area contributed by atoms with E-state index in [1.807, 2.05) is 19.1 Å². The lowest BCUT2D eigenvalue weighted by Crippen LogP contribution is -2.00. The second-order valence-electron chi connectivity index (χ2n) is 1.99. The zero-order chi connectivity index (χ0) is 8.10. The van der Waals surface area contributed by atoms with Crippen molar-refractivity contribution in [1.29, 1.82) is 0 Å². The Balaban J connectivity index is 2.76. The molecule has 0 aliphatic rings. The molecule has 0 N–H and O–H groups in total. The number of aromatic nitrogens is 4. The van der Waals surface area contributed by atoms with Crippen LogP contribution in [-0.2, 0) is 6.54 Å². The van der Waals surface area contributed by atoms with Crippen LogP contribution in [0.2, 0.25) is 0 Å². The molecule has 4 heteroatoms. The van der Waals surface area contributed by atoms with Gasteiger partial charge in [-0.2, -0.15) is 0 Å². The van der Waals surface area contributed by atoms with Gasteiger partial charge in [-0.3, -0.25) is 0 Å². The van der Waals surface area contributed by atoms with E-state index in [9.17, 15) is 0 Å². The highest BCUT2D eigenvalue weighted by molar-refractivity contribution is 5.34. The summed E-state index contributed by atoms with van der Waals surface area (Å²) in [5.41, 5.74) is 0. The van der Waals surface area contributed by atoms with Gasteiger partial charge < -0.3 is 0 Å². The molecular weight excluding hydrogens is 140 g/mol. The number of hydrogen-bond acceptors (Lipinski definition) is 3. The van der Waals surface area contributed by atoms with Crippen LogP contribution in [0.5, 0.6) is 0 Å². The number of hydrogen-bond donors (Lipinski definition) is 0. The van der Waals surface area contributed by atoms with Gasteiger partial charge in [0.25, 0.3) is 0 Å². The zero-order valence-corrected chi connectivity index (χ0v) is 6.44. The molecule has 1 aromatic rings. The van der Waals surface area contributed by atoms with Crippen molar-refractivity contribution in [2.75, 3.05) is 0 Å². The fraction of sp³-hybridized carbons (Fsp3) is 0.286. The highest BCUT2D eigenvalue weighted by Gasteiger charge is 1.96. The second kappa shape index (κ2) is 3.65. The summed E-state index contributed by atoms with van der Waals surface area (Å²) in [6.45, 7) is 6.24. The molecule has 58 valence electrons. The molecule has 0 fully saturated rings. The fourth-order valence-electron chi connectivity index (χ4n) is 0.693. The highest BCUT2D eigenvalue weighted by Crippen LogP contribution is 1.92. The van der Waals surface area contributed by atoms with E-state index in [0.29, 0.717) is 12.4 Å². The van der Waals surface area contributed by atoms with Crippen molar-refractivity contribution in [1.82, 2.24) is 20.2 Å². The van der Waals surface area contributed by atoms with Crippen LogP contribution >= 0.6 is 0 Å². The van der Waals surface area contributed by atoms with Crippen LogP contribution in [0.25, 0.3) is 6.08 Å². The summed E-state index contributed by atoms with van der Waals surface area (Å²) < 4.78 is 1.67. The van der Waals surface area contributed by atoms with Crippen LogP contribution in [0.4, 0.5) is 0 Å². The summed E-state index contributed by atoms with van der Waals surface area (Å²) in [6, 6.07) is 0. The van der Waals surface area contributed by atoms with Crippen molar-refractivity contribution in [3.8, 4) is 0 Å². The first kappa shape index (κ1) is 7.65. The van der Waals surface area contributed by atoms with Gasteiger partial charge in [-0.1, -0.05) is 18.7 Å². The third-order valence-corrected chi connectivity index (χ3v) is 1.26. The number of nitrogens with zero attached hydrogens (tertiary/aromatic N) is 4. The predicted molar refractivity (Wildman–Crippen MR) is 42.7 cm³/mol. The average Bonchev–Trinajstić information content (AvgIpc) is 2.47. The van der Waals surface area contributed by atoms with Crippen molar-refractivity contribution in [3.05, 3.63) is 24.6 Å². The Kier molecular flexibility index (Phi) is 2.54. The Labute approximate surface area is 65.2 Å². The van der Waals surface area contributed by atoms with Crippen LogP contribution in [0, 0.1) is 0 Å². The molecule has 0 aliphatic heterocycles. The van der Waals surface area contributed by atoms with Gasteiger partial charge in [0, 0.05) is 0 Å². The third-order valence-electron chi connectivity index (χ3n) is 1.26. The Morgan fingerprint density at radius 2 is 2.45 bits per heavy atom. The first-order valence-electron chi connectivity index (χ1n) is 3.38. The molecule has 0 aromatic carbocycles. The van der Waals surface area contributed by atoms with E-state index in [1.54, 1.807) is 10.8 Å². The Hall–Kier alpha value is -1.45. The maximum atomic E-state index is 3.76. The van der Waals surface area contributed by atoms with Crippen LogP contribution < -0.4 is 0 Å². The average molecular weight is 150 g/mol. The van der Waals surface area contributed by atoms with Gasteiger partial charge in [-0.05, 0) is 23.4 Å². The maximum Gasteiger partial charge on any atom is 0.174 e. The molecule has 0 atom stereocenters. The molecule has 11 heavy (non-hydrogen) atoms. The molecule has 0 unspecified atom stereocenters. The van der Waals surface area contributed by atoms with Crippen molar-refractivity contribution in [3.63, 3.8) is 0 Å². The summed E-state index contributed by atoms with van der Waals surface area (Å²) in [6.07, 6.45) is 5.56. The SMILES string of the molecule is C=Cc1nnnn1CC=CC. The van der Waals surface area contributed by atoms with Crippen molar-refractivity contribution in [2.24, 2.45) is 0 Å². The molecule has 1 rings (SSSR count). The lowest BCUT2D eigenvalue weighted by molar-refractivity contribution is 0.655. The second-order valence-corrected chi connectivity index (χ2v) is 1.99. The smallest absolute Gasteiger partial charge is 0.174 e. The molecule has 0 saturated heterocycles. The van der Waals surface area contributed by atoms with Gasteiger partial charge in [0.05, 0.1) is 6.54 Å². The molecule has 0 spiro atoms. The van der Waals surface area contributed by atoms with E-state index < -0.39 is 0 Å². The largest absolute Gasteiger partial charge is 0.222 e. The van der Waals surface area contributed by atoms with Crippen LogP contribution in [-0.4, -0.2) is 20.2 Å². The molecule has 0 bridgehead atoms. The first-order chi connectivity index (χ1) is 5.38. The monoisotopic (exact) mass is 150 g/mol. The van der Waals surface area contributed by atoms with Gasteiger partial charge >= 0.3 is 0 Å². The number of allylic oxidation sites excluding steroid dienone is 2. The summed E-state index contributed by atoms with van der Waals surface area (Å²) in [4.78, 5) is 0. The highest BCUT2D eigenvalue weighted by atomic mass is 15.5. The van der Waals surface area contributed by atoms with Gasteiger partial charge in [-0.25, -0.2) is 4.68 Å². The molecule has 0 saturated carbocycles. The Morgan fingerprint density at radius 3 is 3.09 bits per heavy atom. The molecule has 0 radical (unpaired) electrons. The van der Waals surface area contributed by atoms with Crippen molar-refractivity contribution < 1.29 is 0 Å². The standard InChI is InChI=1S/C7H10N4/c1-3-5-6-11-7(4-2)8-9-10-11/h3-5H,2,6H2,1H3. The normalized spacial score (nSPS) is 10.6. The molecule has 4 nitrogen and oxygen atoms in total. The minimum Gasteiger partial charge on any atom is -0.222 e. The van der Waals surface area contributed by atoms with E-state index in [-0.39, 0.29) is 0 Å². The Morgan fingerprint density at radius 1 is 1.64 bits per heavy atom. The van der Waals surface area contributed by atoms with Crippen molar-refractivity contribution in [2.45, 2.75) is 13.5 Å².